The number of halogens is 1. The van der Waals surface area contributed by atoms with Crippen molar-refractivity contribution in [1.29, 1.82) is 0 Å². The first-order chi connectivity index (χ1) is 8.84. The first kappa shape index (κ1) is 13.6. The van der Waals surface area contributed by atoms with Gasteiger partial charge in [0.1, 0.15) is 13.6 Å². The predicted octanol–water partition coefficient (Wildman–Crippen LogP) is 2.04. The summed E-state index contributed by atoms with van der Waals surface area (Å²) in [5.41, 5.74) is 0.991. The lowest BCUT2D eigenvalue weighted by atomic mass is 9.88. The van der Waals surface area contributed by atoms with Crippen LogP contribution in [0.5, 0.6) is 23.0 Å². The van der Waals surface area contributed by atoms with Gasteiger partial charge in [0.15, 0.2) is 11.5 Å². The average Bonchev–Trinajstić information content (AvgIpc) is 2.37. The van der Waals surface area contributed by atoms with E-state index in [9.17, 15) is 20.4 Å². The molecule has 4 N–H and O–H groups in total. The molecule has 0 aromatic heterocycles. The van der Waals surface area contributed by atoms with Gasteiger partial charge in [-0.15, -0.1) is 0 Å². The van der Waals surface area contributed by atoms with Crippen LogP contribution in [0.1, 0.15) is 5.56 Å². The molecule has 19 heavy (non-hydrogen) atoms. The van der Waals surface area contributed by atoms with Gasteiger partial charge in [0, 0.05) is 10.0 Å². The van der Waals surface area contributed by atoms with Gasteiger partial charge >= 0.3 is 0 Å². The zero-order valence-corrected chi connectivity index (χ0v) is 11.6. The van der Waals surface area contributed by atoms with Crippen molar-refractivity contribution < 1.29 is 20.4 Å². The Kier molecular flexibility index (Phi) is 3.37. The maximum absolute atomic E-state index is 9.95. The quantitative estimate of drug-likeness (QED) is 0.368. The van der Waals surface area contributed by atoms with E-state index in [0.29, 0.717) is 10.0 Å². The fourth-order valence-corrected chi connectivity index (χ4v) is 2.49. The maximum atomic E-state index is 9.95. The summed E-state index contributed by atoms with van der Waals surface area (Å²) in [6.45, 7) is 1.89. The molecule has 0 saturated carbocycles. The molecule has 0 saturated heterocycles. The van der Waals surface area contributed by atoms with Gasteiger partial charge in [0.05, 0.1) is 5.56 Å². The Morgan fingerprint density at radius 3 is 2.16 bits per heavy atom. The zero-order valence-electron chi connectivity index (χ0n) is 9.98. The predicted molar refractivity (Wildman–Crippen MR) is 76.4 cm³/mol. The van der Waals surface area contributed by atoms with Gasteiger partial charge in [0.2, 0.25) is 5.75 Å². The number of hydrogen-bond donors (Lipinski definition) is 4. The standard InChI is InChI=1S/C13H10BBrO4/c1-5-2-3-6(7(15)4-5)8-10(16)9(14)12(18)13(19)11(8)17/h2-4,16-19H,1H3. The largest absolute Gasteiger partial charge is 0.508 e. The number of hydrogen-bond acceptors (Lipinski definition) is 4. The Morgan fingerprint density at radius 1 is 0.947 bits per heavy atom. The molecule has 0 aliphatic rings. The molecule has 2 aromatic carbocycles. The summed E-state index contributed by atoms with van der Waals surface area (Å²) in [7, 11) is 5.48. The van der Waals surface area contributed by atoms with Crippen LogP contribution >= 0.6 is 15.9 Å². The molecule has 0 bridgehead atoms. The summed E-state index contributed by atoms with van der Waals surface area (Å²) >= 11 is 3.31. The Balaban J connectivity index is 2.83. The van der Waals surface area contributed by atoms with Crippen LogP contribution in [-0.4, -0.2) is 28.3 Å². The van der Waals surface area contributed by atoms with E-state index in [1.54, 1.807) is 18.2 Å². The fraction of sp³-hybridized carbons (Fsp3) is 0.0769. The SMILES string of the molecule is [B]c1c(O)c(O)c(O)c(-c2ccc(C)cc2Br)c1O. The molecular weight excluding hydrogens is 311 g/mol. The third-order valence-electron chi connectivity index (χ3n) is 2.83. The molecule has 0 spiro atoms. The lowest BCUT2D eigenvalue weighted by Crippen LogP contribution is -2.05. The van der Waals surface area contributed by atoms with Crippen molar-refractivity contribution >= 4 is 29.2 Å². The van der Waals surface area contributed by atoms with Crippen molar-refractivity contribution in [3.05, 3.63) is 28.2 Å². The van der Waals surface area contributed by atoms with Crippen molar-refractivity contribution in [2.24, 2.45) is 0 Å². The molecular formula is C13H10BBrO4. The molecule has 2 aromatic rings. The fourth-order valence-electron chi connectivity index (χ4n) is 1.80. The lowest BCUT2D eigenvalue weighted by molar-refractivity contribution is 0.365. The molecule has 2 radical (unpaired) electrons. The van der Waals surface area contributed by atoms with Gasteiger partial charge in [-0.3, -0.25) is 0 Å². The third kappa shape index (κ3) is 2.12. The van der Waals surface area contributed by atoms with Crippen molar-refractivity contribution in [3.63, 3.8) is 0 Å². The molecule has 0 heterocycles. The van der Waals surface area contributed by atoms with Crippen molar-refractivity contribution in [3.8, 4) is 34.1 Å². The summed E-state index contributed by atoms with van der Waals surface area (Å²) in [6.07, 6.45) is 0. The van der Waals surface area contributed by atoms with E-state index in [1.807, 2.05) is 6.92 Å². The topological polar surface area (TPSA) is 80.9 Å². The maximum Gasteiger partial charge on any atom is 0.200 e. The molecule has 0 fully saturated rings. The highest BCUT2D eigenvalue weighted by Crippen LogP contribution is 2.47. The molecule has 4 nitrogen and oxygen atoms in total. The van der Waals surface area contributed by atoms with Crippen LogP contribution in [0.25, 0.3) is 11.1 Å². The van der Waals surface area contributed by atoms with Crippen LogP contribution in [0, 0.1) is 6.92 Å². The summed E-state index contributed by atoms with van der Waals surface area (Å²) in [5, 5.41) is 38.9. The number of phenolic OH excluding ortho intramolecular Hbond substituents is 4. The Labute approximate surface area is 119 Å². The Morgan fingerprint density at radius 2 is 1.58 bits per heavy atom. The average molecular weight is 321 g/mol. The highest BCUT2D eigenvalue weighted by molar-refractivity contribution is 9.10. The first-order valence-corrected chi connectivity index (χ1v) is 6.15. The van der Waals surface area contributed by atoms with E-state index < -0.39 is 28.5 Å². The summed E-state index contributed by atoms with van der Waals surface area (Å²) in [6, 6.07) is 5.22. The van der Waals surface area contributed by atoms with Crippen molar-refractivity contribution in [2.75, 3.05) is 0 Å². The van der Waals surface area contributed by atoms with Crippen LogP contribution in [-0.2, 0) is 0 Å². The second-order valence-electron chi connectivity index (χ2n) is 4.17. The number of aromatic hydroxyl groups is 4. The van der Waals surface area contributed by atoms with E-state index in [4.69, 9.17) is 7.85 Å². The Hall–Kier alpha value is -1.82. The molecule has 6 heteroatoms. The van der Waals surface area contributed by atoms with Crippen LogP contribution in [0.3, 0.4) is 0 Å². The molecule has 0 aliphatic heterocycles. The van der Waals surface area contributed by atoms with E-state index in [2.05, 4.69) is 15.9 Å². The minimum absolute atomic E-state index is 0.0420. The van der Waals surface area contributed by atoms with Gasteiger partial charge in [-0.2, -0.15) is 0 Å². The highest BCUT2D eigenvalue weighted by atomic mass is 79.9. The zero-order chi connectivity index (χ0) is 14.3. The normalized spacial score (nSPS) is 10.6. The van der Waals surface area contributed by atoms with Crippen molar-refractivity contribution in [1.82, 2.24) is 0 Å². The van der Waals surface area contributed by atoms with Crippen molar-refractivity contribution in [2.45, 2.75) is 6.92 Å². The monoisotopic (exact) mass is 320 g/mol. The van der Waals surface area contributed by atoms with E-state index in [0.717, 1.165) is 5.56 Å². The molecule has 0 unspecified atom stereocenters. The van der Waals surface area contributed by atoms with E-state index >= 15 is 0 Å². The van der Waals surface area contributed by atoms with Gasteiger partial charge in [-0.05, 0) is 24.0 Å². The van der Waals surface area contributed by atoms with E-state index in [1.165, 1.54) is 0 Å². The Bertz CT molecular complexity index is 641. The number of phenols is 4. The van der Waals surface area contributed by atoms with Gasteiger partial charge < -0.3 is 20.4 Å². The van der Waals surface area contributed by atoms with Gasteiger partial charge in [-0.1, -0.05) is 28.1 Å². The van der Waals surface area contributed by atoms with Crippen LogP contribution < -0.4 is 5.46 Å². The summed E-state index contributed by atoms with van der Waals surface area (Å²) in [5.74, 6) is -2.63. The highest BCUT2D eigenvalue weighted by Gasteiger charge is 2.22. The minimum Gasteiger partial charge on any atom is -0.508 e. The van der Waals surface area contributed by atoms with Crippen LogP contribution in [0.4, 0.5) is 0 Å². The summed E-state index contributed by atoms with van der Waals surface area (Å²) < 4.78 is 0.614. The van der Waals surface area contributed by atoms with E-state index in [-0.39, 0.29) is 5.56 Å². The molecule has 0 atom stereocenters. The number of benzene rings is 2. The number of aryl methyl sites for hydroxylation is 1. The number of rotatable bonds is 1. The van der Waals surface area contributed by atoms with Crippen LogP contribution in [0.2, 0.25) is 0 Å². The first-order valence-electron chi connectivity index (χ1n) is 5.36. The molecule has 2 rings (SSSR count). The second kappa shape index (κ2) is 4.70. The molecule has 96 valence electrons. The summed E-state index contributed by atoms with van der Waals surface area (Å²) in [4.78, 5) is 0. The lowest BCUT2D eigenvalue weighted by Gasteiger charge is -2.15. The van der Waals surface area contributed by atoms with Crippen LogP contribution in [0.15, 0.2) is 22.7 Å². The smallest absolute Gasteiger partial charge is 0.200 e. The molecule has 0 aliphatic carbocycles. The van der Waals surface area contributed by atoms with Gasteiger partial charge in [0.25, 0.3) is 0 Å². The molecule has 0 amide bonds. The second-order valence-corrected chi connectivity index (χ2v) is 5.02. The minimum atomic E-state index is -0.766. The van der Waals surface area contributed by atoms with Gasteiger partial charge in [-0.25, -0.2) is 0 Å². The third-order valence-corrected chi connectivity index (χ3v) is 3.48.